The molecule has 0 aliphatic carbocycles. The highest BCUT2D eigenvalue weighted by Gasteiger charge is 2.43. The van der Waals surface area contributed by atoms with Gasteiger partial charge in [0, 0.05) is 5.57 Å². The zero-order valence-corrected chi connectivity index (χ0v) is 16.6. The van der Waals surface area contributed by atoms with E-state index in [-0.39, 0.29) is 0 Å². The molecule has 0 atom stereocenters. The lowest BCUT2D eigenvalue weighted by Gasteiger charge is -2.46. The number of esters is 1. The number of rotatable bonds is 8. The summed E-state index contributed by atoms with van der Waals surface area (Å²) in [6.45, 7) is 16.6. The van der Waals surface area contributed by atoms with E-state index < -0.39 is 22.8 Å². The Bertz CT molecular complexity index is 619. The van der Waals surface area contributed by atoms with Crippen LogP contribution in [0.2, 0.25) is 0 Å². The Hall–Kier alpha value is -1.65. The Morgan fingerprint density at radius 1 is 1.16 bits per heavy atom. The zero-order chi connectivity index (χ0) is 19.5. The van der Waals surface area contributed by atoms with E-state index in [1.54, 1.807) is 26.8 Å². The predicted molar refractivity (Wildman–Crippen MR) is 101 cm³/mol. The molecule has 1 aromatic rings. The second kappa shape index (κ2) is 7.71. The van der Waals surface area contributed by atoms with E-state index in [0.717, 1.165) is 18.4 Å². The van der Waals surface area contributed by atoms with Crippen molar-refractivity contribution in [1.29, 1.82) is 0 Å². The van der Waals surface area contributed by atoms with E-state index in [9.17, 15) is 9.90 Å². The molecule has 0 bridgehead atoms. The molecule has 0 amide bonds. The van der Waals surface area contributed by atoms with E-state index in [1.165, 1.54) is 0 Å². The summed E-state index contributed by atoms with van der Waals surface area (Å²) in [5.41, 5.74) is -1.09. The van der Waals surface area contributed by atoms with Gasteiger partial charge in [0.25, 0.3) is 0 Å². The van der Waals surface area contributed by atoms with Crippen molar-refractivity contribution in [2.45, 2.75) is 78.1 Å². The molecule has 1 aromatic carbocycles. The molecule has 1 N–H and O–H groups in total. The van der Waals surface area contributed by atoms with Gasteiger partial charge in [0.15, 0.2) is 0 Å². The van der Waals surface area contributed by atoms with Crippen molar-refractivity contribution in [3.05, 3.63) is 42.0 Å². The number of hydrogen-bond donors (Lipinski definition) is 1. The van der Waals surface area contributed by atoms with Crippen molar-refractivity contribution in [1.82, 2.24) is 0 Å². The second-order valence-electron chi connectivity index (χ2n) is 7.57. The van der Waals surface area contributed by atoms with Gasteiger partial charge in [0.1, 0.15) is 5.75 Å². The minimum atomic E-state index is -1.01. The van der Waals surface area contributed by atoms with Crippen LogP contribution >= 0.6 is 0 Å². The Balaban J connectivity index is 3.26. The molecular formula is C21H32O4. The SMILES string of the molecule is C=C(C)C(=O)Oc1cccc(C(CC)(CC)OC(C)(C)C(C)(C)O)c1. The van der Waals surface area contributed by atoms with Crippen LogP contribution in [0.3, 0.4) is 0 Å². The van der Waals surface area contributed by atoms with E-state index in [2.05, 4.69) is 20.4 Å². The first-order valence-corrected chi connectivity index (χ1v) is 8.79. The molecule has 0 fully saturated rings. The number of benzene rings is 1. The van der Waals surface area contributed by atoms with Crippen LogP contribution in [0.5, 0.6) is 5.75 Å². The van der Waals surface area contributed by atoms with Crippen molar-refractivity contribution in [3.8, 4) is 5.75 Å². The van der Waals surface area contributed by atoms with Crippen molar-refractivity contribution in [3.63, 3.8) is 0 Å². The average Bonchev–Trinajstić information content (AvgIpc) is 2.51. The van der Waals surface area contributed by atoms with Gasteiger partial charge in [0.2, 0.25) is 0 Å². The Morgan fingerprint density at radius 3 is 2.16 bits per heavy atom. The predicted octanol–water partition coefficient (Wildman–Crippen LogP) is 4.75. The van der Waals surface area contributed by atoms with Gasteiger partial charge in [0.05, 0.1) is 16.8 Å². The minimum Gasteiger partial charge on any atom is -0.423 e. The summed E-state index contributed by atoms with van der Waals surface area (Å²) in [5, 5.41) is 10.5. The highest BCUT2D eigenvalue weighted by atomic mass is 16.5. The number of carbonyl (C=O) groups excluding carboxylic acids is 1. The first-order valence-electron chi connectivity index (χ1n) is 8.79. The maximum absolute atomic E-state index is 11.8. The number of carbonyl (C=O) groups is 1. The molecule has 0 saturated heterocycles. The maximum atomic E-state index is 11.8. The summed E-state index contributed by atoms with van der Waals surface area (Å²) < 4.78 is 11.8. The summed E-state index contributed by atoms with van der Waals surface area (Å²) >= 11 is 0. The van der Waals surface area contributed by atoms with Crippen LogP contribution in [0.4, 0.5) is 0 Å². The molecule has 25 heavy (non-hydrogen) atoms. The molecule has 0 heterocycles. The van der Waals surface area contributed by atoms with Gasteiger partial charge < -0.3 is 14.6 Å². The van der Waals surface area contributed by atoms with Crippen LogP contribution < -0.4 is 4.74 Å². The second-order valence-corrected chi connectivity index (χ2v) is 7.57. The fraction of sp³-hybridized carbons (Fsp3) is 0.571. The lowest BCUT2D eigenvalue weighted by Crippen LogP contribution is -2.52. The monoisotopic (exact) mass is 348 g/mol. The lowest BCUT2D eigenvalue weighted by atomic mass is 9.83. The molecule has 0 radical (unpaired) electrons. The normalized spacial score (nSPS) is 12.8. The topological polar surface area (TPSA) is 55.8 Å². The third-order valence-electron chi connectivity index (χ3n) is 4.99. The highest BCUT2D eigenvalue weighted by molar-refractivity contribution is 5.88. The molecule has 0 aliphatic heterocycles. The van der Waals surface area contributed by atoms with Crippen LogP contribution in [-0.4, -0.2) is 22.3 Å². The smallest absolute Gasteiger partial charge is 0.338 e. The Kier molecular flexibility index (Phi) is 6.60. The van der Waals surface area contributed by atoms with Crippen molar-refractivity contribution >= 4 is 5.97 Å². The van der Waals surface area contributed by atoms with Gasteiger partial charge in [-0.05, 0) is 65.2 Å². The number of aliphatic hydroxyl groups is 1. The Morgan fingerprint density at radius 2 is 1.72 bits per heavy atom. The van der Waals surface area contributed by atoms with Crippen LogP contribution in [-0.2, 0) is 15.1 Å². The van der Waals surface area contributed by atoms with Gasteiger partial charge >= 0.3 is 5.97 Å². The van der Waals surface area contributed by atoms with Gasteiger partial charge in [-0.1, -0.05) is 32.6 Å². The zero-order valence-electron chi connectivity index (χ0n) is 16.6. The molecule has 4 heteroatoms. The molecule has 0 aromatic heterocycles. The van der Waals surface area contributed by atoms with Crippen LogP contribution in [0.1, 0.15) is 66.9 Å². The Labute approximate surface area is 151 Å². The molecule has 0 spiro atoms. The minimum absolute atomic E-state index is 0.349. The molecule has 1 rings (SSSR count). The molecule has 0 saturated carbocycles. The van der Waals surface area contributed by atoms with E-state index in [0.29, 0.717) is 11.3 Å². The van der Waals surface area contributed by atoms with Gasteiger partial charge in [-0.15, -0.1) is 0 Å². The van der Waals surface area contributed by atoms with Crippen molar-refractivity contribution in [2.24, 2.45) is 0 Å². The highest BCUT2D eigenvalue weighted by Crippen LogP contribution is 2.41. The summed E-state index contributed by atoms with van der Waals surface area (Å²) in [6, 6.07) is 7.37. The quantitative estimate of drug-likeness (QED) is 0.418. The molecule has 0 unspecified atom stereocenters. The van der Waals surface area contributed by atoms with Crippen molar-refractivity contribution in [2.75, 3.05) is 0 Å². The van der Waals surface area contributed by atoms with Crippen LogP contribution in [0.15, 0.2) is 36.4 Å². The molecule has 4 nitrogen and oxygen atoms in total. The molecular weight excluding hydrogens is 316 g/mol. The van der Waals surface area contributed by atoms with E-state index in [1.807, 2.05) is 32.0 Å². The first-order chi connectivity index (χ1) is 11.4. The fourth-order valence-corrected chi connectivity index (χ4v) is 2.51. The first kappa shape index (κ1) is 21.4. The summed E-state index contributed by atoms with van der Waals surface area (Å²) in [5.74, 6) is 0.00919. The lowest BCUT2D eigenvalue weighted by molar-refractivity contribution is -0.221. The third-order valence-corrected chi connectivity index (χ3v) is 4.99. The number of hydrogen-bond acceptors (Lipinski definition) is 4. The van der Waals surface area contributed by atoms with E-state index >= 15 is 0 Å². The van der Waals surface area contributed by atoms with Crippen LogP contribution in [0.25, 0.3) is 0 Å². The summed E-state index contributed by atoms with van der Waals surface area (Å²) in [4.78, 5) is 11.8. The summed E-state index contributed by atoms with van der Waals surface area (Å²) in [7, 11) is 0. The number of ether oxygens (including phenoxy) is 2. The fourth-order valence-electron chi connectivity index (χ4n) is 2.51. The van der Waals surface area contributed by atoms with Gasteiger partial charge in [-0.3, -0.25) is 0 Å². The van der Waals surface area contributed by atoms with Gasteiger partial charge in [-0.25, -0.2) is 4.79 Å². The van der Waals surface area contributed by atoms with Crippen molar-refractivity contribution < 1.29 is 19.4 Å². The largest absolute Gasteiger partial charge is 0.423 e. The summed E-state index contributed by atoms with van der Waals surface area (Å²) in [6.07, 6.45) is 1.45. The van der Waals surface area contributed by atoms with Gasteiger partial charge in [-0.2, -0.15) is 0 Å². The third kappa shape index (κ3) is 4.93. The van der Waals surface area contributed by atoms with E-state index in [4.69, 9.17) is 9.47 Å². The van der Waals surface area contributed by atoms with Crippen LogP contribution in [0, 0.1) is 0 Å². The standard InChI is InChI=1S/C21H32O4/c1-9-21(10-2,25-20(7,8)19(5,6)23)16-12-11-13-17(14-16)24-18(22)15(3)4/h11-14,23H,3,9-10H2,1-2,4-8H3. The maximum Gasteiger partial charge on any atom is 0.338 e. The molecule has 0 aliphatic rings. The average molecular weight is 348 g/mol. The molecule has 140 valence electrons.